The number of alkyl halides is 3. The maximum atomic E-state index is 13.2. The number of amides is 1. The van der Waals surface area contributed by atoms with Crippen molar-refractivity contribution in [1.29, 1.82) is 0 Å². The first-order valence-corrected chi connectivity index (χ1v) is 10.5. The lowest BCUT2D eigenvalue weighted by Crippen LogP contribution is -2.55. The second kappa shape index (κ2) is 9.73. The number of nitrogens with zero attached hydrogens (tertiary/aromatic N) is 3. The van der Waals surface area contributed by atoms with Crippen molar-refractivity contribution in [3.63, 3.8) is 0 Å². The molecule has 0 aliphatic rings. The number of methoxy groups -OCH3 is 1. The molecule has 7 nitrogen and oxygen atoms in total. The average Bonchev–Trinajstić information content (AvgIpc) is 2.78. The predicted molar refractivity (Wildman–Crippen MR) is 120 cm³/mol. The van der Waals surface area contributed by atoms with Crippen LogP contribution < -0.4 is 5.32 Å². The lowest BCUT2D eigenvalue weighted by atomic mass is 10.0. The Morgan fingerprint density at radius 1 is 1.06 bits per heavy atom. The highest BCUT2D eigenvalue weighted by Crippen LogP contribution is 2.33. The van der Waals surface area contributed by atoms with Gasteiger partial charge in [0.2, 0.25) is 5.60 Å². The lowest BCUT2D eigenvalue weighted by molar-refractivity contribution is -0.253. The zero-order valence-electron chi connectivity index (χ0n) is 18.2. The molecule has 3 aromatic rings. The Morgan fingerprint density at radius 2 is 1.71 bits per heavy atom. The van der Waals surface area contributed by atoms with E-state index in [0.29, 0.717) is 23.1 Å². The molecule has 2 N–H and O–H groups in total. The topological polar surface area (TPSA) is 97.2 Å². The van der Waals surface area contributed by atoms with Crippen LogP contribution in [0.2, 0.25) is 10.0 Å². The first kappa shape index (κ1) is 25.7. The van der Waals surface area contributed by atoms with Crippen LogP contribution in [0.1, 0.15) is 18.1 Å². The summed E-state index contributed by atoms with van der Waals surface area (Å²) in [4.78, 5) is 24.4. The molecule has 34 heavy (non-hydrogen) atoms. The number of carbonyl (C=O) groups is 1. The molecule has 0 fully saturated rings. The Bertz CT molecular complexity index is 1240. The fourth-order valence-electron chi connectivity index (χ4n) is 2.94. The number of rotatable bonds is 6. The number of hydrogen-bond donors (Lipinski definition) is 2. The summed E-state index contributed by atoms with van der Waals surface area (Å²) >= 11 is 12.3. The smallest absolute Gasteiger partial charge is 0.426 e. The summed E-state index contributed by atoms with van der Waals surface area (Å²) in [6, 6.07) is 9.02. The van der Waals surface area contributed by atoms with Crippen molar-refractivity contribution in [2.45, 2.75) is 32.2 Å². The first-order valence-electron chi connectivity index (χ1n) is 9.76. The summed E-state index contributed by atoms with van der Waals surface area (Å²) in [5.74, 6) is -1.15. The fraction of sp³-hybridized carbons (Fsp3) is 0.273. The molecule has 0 spiro atoms. The molecule has 0 saturated carbocycles. The normalized spacial score (nSPS) is 13.4. The third-order valence-electron chi connectivity index (χ3n) is 5.15. The standard InChI is InChI=1S/C22H19Cl2F3N4O3/c1-11-8-13(5-7-15(11)23)17-29-18(31-20(33)30-17)14-9-12(4-6-16(14)24)10-28-19(32)21(2,34-3)22(25,26)27/h4-9H,10H2,1-3H3,(H,28,32)(H,29,30,31,33)/t21-/m1/s1. The number of halogens is 5. The fourth-order valence-corrected chi connectivity index (χ4v) is 3.26. The summed E-state index contributed by atoms with van der Waals surface area (Å²) in [5.41, 5.74) is -0.960. The van der Waals surface area contributed by atoms with E-state index in [1.54, 1.807) is 25.1 Å². The van der Waals surface area contributed by atoms with Gasteiger partial charge in [0.05, 0.1) is 5.02 Å². The zero-order valence-corrected chi connectivity index (χ0v) is 19.7. The van der Waals surface area contributed by atoms with Crippen molar-refractivity contribution < 1.29 is 27.8 Å². The van der Waals surface area contributed by atoms with Gasteiger partial charge in [0, 0.05) is 29.8 Å². The Hall–Kier alpha value is -2.95. The summed E-state index contributed by atoms with van der Waals surface area (Å²) < 4.78 is 44.1. The number of aromatic nitrogens is 3. The van der Waals surface area contributed by atoms with Gasteiger partial charge in [-0.15, -0.1) is 0 Å². The van der Waals surface area contributed by atoms with Crippen LogP contribution in [0, 0.1) is 6.92 Å². The number of benzene rings is 2. The number of aryl methyl sites for hydroxylation is 1. The van der Waals surface area contributed by atoms with E-state index < -0.39 is 23.7 Å². The van der Waals surface area contributed by atoms with Crippen molar-refractivity contribution in [2.75, 3.05) is 7.11 Å². The van der Waals surface area contributed by atoms with E-state index in [0.717, 1.165) is 12.7 Å². The molecule has 1 atom stereocenters. The largest absolute Gasteiger partial charge is 0.479 e. The molecule has 0 unspecified atom stereocenters. The minimum absolute atomic E-state index is 0.0327. The summed E-state index contributed by atoms with van der Waals surface area (Å²) in [7, 11) is 0.806. The number of aromatic hydroxyl groups is 1. The van der Waals surface area contributed by atoms with Gasteiger partial charge in [-0.1, -0.05) is 29.3 Å². The van der Waals surface area contributed by atoms with E-state index in [4.69, 9.17) is 23.2 Å². The van der Waals surface area contributed by atoms with Crippen LogP contribution in [0.25, 0.3) is 22.8 Å². The Labute approximate surface area is 202 Å². The molecule has 12 heteroatoms. The van der Waals surface area contributed by atoms with Gasteiger partial charge in [0.1, 0.15) is 0 Å². The van der Waals surface area contributed by atoms with E-state index >= 15 is 0 Å². The van der Waals surface area contributed by atoms with Gasteiger partial charge in [-0.05, 0) is 55.3 Å². The van der Waals surface area contributed by atoms with Crippen molar-refractivity contribution >= 4 is 29.1 Å². The summed E-state index contributed by atoms with van der Waals surface area (Å²) in [5, 5.41) is 13.0. The molecule has 1 heterocycles. The van der Waals surface area contributed by atoms with Gasteiger partial charge in [-0.25, -0.2) is 4.98 Å². The molecule has 180 valence electrons. The maximum absolute atomic E-state index is 13.2. The van der Waals surface area contributed by atoms with Crippen LogP contribution in [-0.4, -0.2) is 44.9 Å². The summed E-state index contributed by atoms with van der Waals surface area (Å²) in [6.45, 7) is 2.19. The number of carbonyl (C=O) groups excluding carboxylic acids is 1. The second-order valence-corrected chi connectivity index (χ2v) is 8.29. The Balaban J connectivity index is 1.91. The third kappa shape index (κ3) is 5.24. The molecule has 0 saturated heterocycles. The van der Waals surface area contributed by atoms with Gasteiger partial charge in [-0.2, -0.15) is 23.1 Å². The molecule has 1 amide bonds. The molecule has 0 radical (unpaired) electrons. The molecular weight excluding hydrogens is 496 g/mol. The van der Waals surface area contributed by atoms with Crippen molar-refractivity contribution in [2.24, 2.45) is 0 Å². The van der Waals surface area contributed by atoms with Gasteiger partial charge in [0.25, 0.3) is 5.91 Å². The molecule has 1 aromatic heterocycles. The second-order valence-electron chi connectivity index (χ2n) is 7.48. The lowest BCUT2D eigenvalue weighted by Gasteiger charge is -2.29. The molecular formula is C22H19Cl2F3N4O3. The molecule has 3 rings (SSSR count). The van der Waals surface area contributed by atoms with Gasteiger partial charge in [-0.3, -0.25) is 4.79 Å². The van der Waals surface area contributed by atoms with E-state index in [9.17, 15) is 23.1 Å². The minimum Gasteiger partial charge on any atom is -0.479 e. The highest BCUT2D eigenvalue weighted by atomic mass is 35.5. The van der Waals surface area contributed by atoms with Crippen molar-refractivity contribution in [3.05, 3.63) is 57.6 Å². The van der Waals surface area contributed by atoms with Crippen LogP contribution in [0.3, 0.4) is 0 Å². The highest BCUT2D eigenvalue weighted by Gasteiger charge is 2.57. The van der Waals surface area contributed by atoms with Crippen molar-refractivity contribution in [1.82, 2.24) is 20.3 Å². The third-order valence-corrected chi connectivity index (χ3v) is 5.90. The van der Waals surface area contributed by atoms with E-state index in [2.05, 4.69) is 25.0 Å². The predicted octanol–water partition coefficient (Wildman–Crippen LogP) is 5.11. The number of nitrogens with one attached hydrogen (secondary N) is 1. The van der Waals surface area contributed by atoms with Gasteiger partial charge >= 0.3 is 12.2 Å². The summed E-state index contributed by atoms with van der Waals surface area (Å²) in [6.07, 6.45) is -4.91. The average molecular weight is 515 g/mol. The van der Waals surface area contributed by atoms with Crippen LogP contribution in [0.15, 0.2) is 36.4 Å². The molecule has 0 aliphatic carbocycles. The monoisotopic (exact) mass is 514 g/mol. The van der Waals surface area contributed by atoms with E-state index in [1.807, 2.05) is 0 Å². The minimum atomic E-state index is -4.91. The number of hydrogen-bond acceptors (Lipinski definition) is 6. The Morgan fingerprint density at radius 3 is 2.32 bits per heavy atom. The molecule has 2 aromatic carbocycles. The molecule has 0 bridgehead atoms. The Kier molecular flexibility index (Phi) is 7.35. The highest BCUT2D eigenvalue weighted by molar-refractivity contribution is 6.33. The van der Waals surface area contributed by atoms with Crippen LogP contribution >= 0.6 is 23.2 Å². The quantitative estimate of drug-likeness (QED) is 0.474. The van der Waals surface area contributed by atoms with E-state index in [-0.39, 0.29) is 28.8 Å². The SMILES string of the molecule is CO[C@](C)(C(=O)NCc1ccc(Cl)c(-c2nc(O)nc(-c3ccc(Cl)c(C)c3)n2)c1)C(F)(F)F. The van der Waals surface area contributed by atoms with Crippen LogP contribution in [0.4, 0.5) is 13.2 Å². The van der Waals surface area contributed by atoms with Crippen LogP contribution in [-0.2, 0) is 16.1 Å². The van der Waals surface area contributed by atoms with Gasteiger partial charge in [0.15, 0.2) is 11.6 Å². The van der Waals surface area contributed by atoms with Gasteiger partial charge < -0.3 is 15.2 Å². The number of ether oxygens (including phenoxy) is 1. The van der Waals surface area contributed by atoms with E-state index in [1.165, 1.54) is 18.2 Å². The zero-order chi connectivity index (χ0) is 25.3. The maximum Gasteiger partial charge on any atom is 0.426 e. The molecule has 0 aliphatic heterocycles. The van der Waals surface area contributed by atoms with Crippen LogP contribution in [0.5, 0.6) is 6.01 Å². The van der Waals surface area contributed by atoms with Crippen molar-refractivity contribution in [3.8, 4) is 28.8 Å². The first-order chi connectivity index (χ1) is 15.9.